The van der Waals surface area contributed by atoms with Gasteiger partial charge in [-0.2, -0.15) is 5.26 Å². The van der Waals surface area contributed by atoms with Crippen LogP contribution in [0.4, 0.5) is 11.4 Å². The van der Waals surface area contributed by atoms with E-state index in [-0.39, 0.29) is 6.04 Å². The first kappa shape index (κ1) is 13.8. The Morgan fingerprint density at radius 3 is 2.67 bits per heavy atom. The van der Waals surface area contributed by atoms with Crippen molar-refractivity contribution in [2.24, 2.45) is 5.73 Å². The van der Waals surface area contributed by atoms with Crippen LogP contribution in [0.3, 0.4) is 0 Å². The van der Waals surface area contributed by atoms with Crippen molar-refractivity contribution in [1.29, 1.82) is 5.26 Å². The number of rotatable bonds is 5. The summed E-state index contributed by atoms with van der Waals surface area (Å²) in [5, 5.41) is 8.67. The molecule has 0 spiro atoms. The Labute approximate surface area is 107 Å². The molecule has 0 bridgehead atoms. The SMILES string of the molecule is CC(C)N(CCC#N)c1cc(C(N)=O)ccc1N. The first-order valence-corrected chi connectivity index (χ1v) is 5.80. The van der Waals surface area contributed by atoms with Gasteiger partial charge >= 0.3 is 0 Å². The first-order valence-electron chi connectivity index (χ1n) is 5.80. The monoisotopic (exact) mass is 246 g/mol. The molecule has 0 aliphatic carbocycles. The molecule has 1 amide bonds. The summed E-state index contributed by atoms with van der Waals surface area (Å²) in [6.45, 7) is 4.59. The van der Waals surface area contributed by atoms with Crippen LogP contribution in [0.25, 0.3) is 0 Å². The standard InChI is InChI=1S/C13H18N4O/c1-9(2)17(7-3-6-14)12-8-10(13(16)18)4-5-11(12)15/h4-5,8-9H,3,7,15H2,1-2H3,(H2,16,18). The number of nitrogens with two attached hydrogens (primary N) is 2. The molecule has 0 aliphatic heterocycles. The van der Waals surface area contributed by atoms with Gasteiger partial charge in [-0.1, -0.05) is 0 Å². The fraction of sp³-hybridized carbons (Fsp3) is 0.385. The highest BCUT2D eigenvalue weighted by Crippen LogP contribution is 2.26. The van der Waals surface area contributed by atoms with Crippen LogP contribution in [0.5, 0.6) is 0 Å². The number of carbonyl (C=O) groups excluding carboxylic acids is 1. The van der Waals surface area contributed by atoms with Gasteiger partial charge in [-0.3, -0.25) is 4.79 Å². The van der Waals surface area contributed by atoms with Gasteiger partial charge in [0, 0.05) is 18.2 Å². The normalized spacial score (nSPS) is 10.1. The molecule has 0 saturated carbocycles. The Balaban J connectivity index is 3.14. The maximum atomic E-state index is 11.2. The van der Waals surface area contributed by atoms with Crippen LogP contribution < -0.4 is 16.4 Å². The fourth-order valence-electron chi connectivity index (χ4n) is 1.77. The second-order valence-corrected chi connectivity index (χ2v) is 4.33. The fourth-order valence-corrected chi connectivity index (χ4v) is 1.77. The molecule has 0 radical (unpaired) electrons. The minimum atomic E-state index is -0.486. The lowest BCUT2D eigenvalue weighted by atomic mass is 10.1. The van der Waals surface area contributed by atoms with Crippen LogP contribution in [0, 0.1) is 11.3 Å². The third-order valence-corrected chi connectivity index (χ3v) is 2.71. The van der Waals surface area contributed by atoms with Crippen molar-refractivity contribution < 1.29 is 4.79 Å². The van der Waals surface area contributed by atoms with E-state index in [4.69, 9.17) is 16.7 Å². The van der Waals surface area contributed by atoms with Gasteiger partial charge in [0.2, 0.25) is 5.91 Å². The van der Waals surface area contributed by atoms with E-state index < -0.39 is 5.91 Å². The lowest BCUT2D eigenvalue weighted by Crippen LogP contribution is -2.32. The molecule has 0 aromatic heterocycles. The molecule has 0 aliphatic rings. The first-order chi connectivity index (χ1) is 8.47. The van der Waals surface area contributed by atoms with Crippen molar-refractivity contribution in [3.63, 3.8) is 0 Å². The van der Waals surface area contributed by atoms with Crippen molar-refractivity contribution in [2.75, 3.05) is 17.2 Å². The van der Waals surface area contributed by atoms with Gasteiger partial charge in [0.15, 0.2) is 0 Å². The molecule has 1 aromatic carbocycles. The number of nitriles is 1. The Bertz CT molecular complexity index is 476. The molecule has 0 heterocycles. The smallest absolute Gasteiger partial charge is 0.248 e. The zero-order chi connectivity index (χ0) is 13.7. The van der Waals surface area contributed by atoms with Crippen LogP contribution in [0.1, 0.15) is 30.6 Å². The number of nitrogens with zero attached hydrogens (tertiary/aromatic N) is 2. The molecule has 18 heavy (non-hydrogen) atoms. The predicted molar refractivity (Wildman–Crippen MR) is 72.1 cm³/mol. The summed E-state index contributed by atoms with van der Waals surface area (Å²) in [4.78, 5) is 13.2. The van der Waals surface area contributed by atoms with E-state index in [0.717, 1.165) is 5.69 Å². The van der Waals surface area contributed by atoms with Crippen molar-refractivity contribution in [3.05, 3.63) is 23.8 Å². The highest BCUT2D eigenvalue weighted by Gasteiger charge is 2.15. The molecule has 0 atom stereocenters. The minimum Gasteiger partial charge on any atom is -0.397 e. The third-order valence-electron chi connectivity index (χ3n) is 2.71. The highest BCUT2D eigenvalue weighted by molar-refractivity contribution is 5.95. The van der Waals surface area contributed by atoms with E-state index in [1.807, 2.05) is 18.7 Å². The predicted octanol–water partition coefficient (Wildman–Crippen LogP) is 1.50. The molecule has 1 rings (SSSR count). The lowest BCUT2D eigenvalue weighted by molar-refractivity contribution is 0.100. The quantitative estimate of drug-likeness (QED) is 0.769. The summed E-state index contributed by atoms with van der Waals surface area (Å²) in [6, 6.07) is 7.23. The van der Waals surface area contributed by atoms with E-state index in [9.17, 15) is 4.79 Å². The lowest BCUT2D eigenvalue weighted by Gasteiger charge is -2.29. The Hall–Kier alpha value is -2.22. The summed E-state index contributed by atoms with van der Waals surface area (Å²) in [6.07, 6.45) is 0.401. The molecule has 5 nitrogen and oxygen atoms in total. The maximum Gasteiger partial charge on any atom is 0.248 e. The highest BCUT2D eigenvalue weighted by atomic mass is 16.1. The number of amides is 1. The second-order valence-electron chi connectivity index (χ2n) is 4.33. The van der Waals surface area contributed by atoms with E-state index in [2.05, 4.69) is 6.07 Å². The summed E-state index contributed by atoms with van der Waals surface area (Å²) in [7, 11) is 0. The molecular weight excluding hydrogens is 228 g/mol. The summed E-state index contributed by atoms with van der Waals surface area (Å²) in [5.74, 6) is -0.486. The number of primary amides is 1. The van der Waals surface area contributed by atoms with Gasteiger partial charge in [0.1, 0.15) is 0 Å². The molecule has 5 heteroatoms. The number of anilines is 2. The zero-order valence-electron chi connectivity index (χ0n) is 10.7. The number of hydrogen-bond donors (Lipinski definition) is 2. The number of carbonyl (C=O) groups is 1. The third kappa shape index (κ3) is 3.14. The average Bonchev–Trinajstić information content (AvgIpc) is 2.31. The number of hydrogen-bond acceptors (Lipinski definition) is 4. The average molecular weight is 246 g/mol. The minimum absolute atomic E-state index is 0.184. The molecule has 4 N–H and O–H groups in total. The van der Waals surface area contributed by atoms with E-state index in [1.54, 1.807) is 18.2 Å². The molecule has 0 saturated heterocycles. The van der Waals surface area contributed by atoms with Crippen LogP contribution in [-0.2, 0) is 0 Å². The van der Waals surface area contributed by atoms with Gasteiger partial charge in [-0.15, -0.1) is 0 Å². The summed E-state index contributed by atoms with van der Waals surface area (Å²) < 4.78 is 0. The summed E-state index contributed by atoms with van der Waals surface area (Å²) in [5.41, 5.74) is 12.9. The van der Waals surface area contributed by atoms with Crippen molar-refractivity contribution in [1.82, 2.24) is 0 Å². The number of benzene rings is 1. The Morgan fingerprint density at radius 1 is 1.50 bits per heavy atom. The van der Waals surface area contributed by atoms with Gasteiger partial charge in [-0.05, 0) is 32.0 Å². The Morgan fingerprint density at radius 2 is 2.17 bits per heavy atom. The molecule has 0 fully saturated rings. The molecule has 0 unspecified atom stereocenters. The Kier molecular flexibility index (Phi) is 4.55. The second kappa shape index (κ2) is 5.92. The van der Waals surface area contributed by atoms with E-state index in [1.165, 1.54) is 0 Å². The topological polar surface area (TPSA) is 96.1 Å². The van der Waals surface area contributed by atoms with Crippen LogP contribution in [0.15, 0.2) is 18.2 Å². The zero-order valence-corrected chi connectivity index (χ0v) is 10.7. The molecule has 96 valence electrons. The largest absolute Gasteiger partial charge is 0.397 e. The van der Waals surface area contributed by atoms with Crippen molar-refractivity contribution in [3.8, 4) is 6.07 Å². The van der Waals surface area contributed by atoms with E-state index in [0.29, 0.717) is 24.2 Å². The molecular formula is C13H18N4O. The van der Waals surface area contributed by atoms with Crippen LogP contribution >= 0.6 is 0 Å². The maximum absolute atomic E-state index is 11.2. The van der Waals surface area contributed by atoms with Crippen molar-refractivity contribution >= 4 is 17.3 Å². The van der Waals surface area contributed by atoms with Gasteiger partial charge in [-0.25, -0.2) is 0 Å². The van der Waals surface area contributed by atoms with Crippen LogP contribution in [-0.4, -0.2) is 18.5 Å². The van der Waals surface area contributed by atoms with Crippen LogP contribution in [0.2, 0.25) is 0 Å². The van der Waals surface area contributed by atoms with E-state index >= 15 is 0 Å². The number of nitrogen functional groups attached to an aromatic ring is 1. The summed E-state index contributed by atoms with van der Waals surface area (Å²) >= 11 is 0. The van der Waals surface area contributed by atoms with Gasteiger partial charge in [0.25, 0.3) is 0 Å². The van der Waals surface area contributed by atoms with Gasteiger partial charge in [0.05, 0.1) is 23.9 Å². The van der Waals surface area contributed by atoms with Crippen molar-refractivity contribution in [2.45, 2.75) is 26.3 Å². The van der Waals surface area contributed by atoms with Gasteiger partial charge < -0.3 is 16.4 Å². The molecule has 1 aromatic rings.